The highest BCUT2D eigenvalue weighted by atomic mass is 14.7. The van der Waals surface area contributed by atoms with Gasteiger partial charge in [0.2, 0.25) is 0 Å². The Morgan fingerprint density at radius 1 is 0.588 bits per heavy atom. The number of rotatable bonds is 15. The van der Waals surface area contributed by atoms with Gasteiger partial charge in [0.15, 0.2) is 0 Å². The fraction of sp³-hybridized carbons (Fsp3) is 1.00. The van der Waals surface area contributed by atoms with E-state index in [0.29, 0.717) is 6.04 Å². The van der Waals surface area contributed by atoms with Crippen LogP contribution in [-0.4, -0.2) is 6.04 Å². The second kappa shape index (κ2) is 20.2. The summed E-state index contributed by atoms with van der Waals surface area (Å²) in [6.45, 7) is 32.0. The van der Waals surface area contributed by atoms with Crippen LogP contribution in [0.1, 0.15) is 199 Å². The standard InChI is InChI=1S/C32H63N.C18H32/c1-10-13-26(27-15-16-28(19-27)30(14-11-2)22(6)7)17-23(8)31-20-29(21(4)5)18-25(12-3)32(31)24(9)33;1-5-14-6-7-15-9-17(10-16(15)8-14)18-12(3)11(2)13(18)4/h21-32H,10-20,33H2,1-9H3;11-18H,5-10H2,1-4H3. The van der Waals surface area contributed by atoms with Gasteiger partial charge in [0.1, 0.15) is 0 Å². The molecular weight excluding hydrogens is 615 g/mol. The molecule has 300 valence electrons. The maximum absolute atomic E-state index is 6.70. The molecule has 0 aromatic rings. The van der Waals surface area contributed by atoms with E-state index in [0.717, 1.165) is 112 Å². The van der Waals surface area contributed by atoms with Crippen LogP contribution in [0.4, 0.5) is 0 Å². The van der Waals surface area contributed by atoms with Crippen LogP contribution in [0.5, 0.6) is 0 Å². The largest absolute Gasteiger partial charge is 0.328 e. The minimum atomic E-state index is 0.344. The summed E-state index contributed by atoms with van der Waals surface area (Å²) in [5, 5.41) is 0. The second-order valence-corrected chi connectivity index (χ2v) is 21.5. The molecule has 5 aliphatic carbocycles. The Labute approximate surface area is 322 Å². The maximum Gasteiger partial charge on any atom is 0.00441 e. The third-order valence-corrected chi connectivity index (χ3v) is 18.1. The summed E-state index contributed by atoms with van der Waals surface area (Å²) < 4.78 is 0. The van der Waals surface area contributed by atoms with Crippen LogP contribution in [0.2, 0.25) is 0 Å². The van der Waals surface area contributed by atoms with Gasteiger partial charge in [0.05, 0.1) is 0 Å². The summed E-state index contributed by atoms with van der Waals surface area (Å²) >= 11 is 0. The summed E-state index contributed by atoms with van der Waals surface area (Å²) in [5.41, 5.74) is 6.70. The first kappa shape index (κ1) is 43.7. The molecule has 0 aliphatic heterocycles. The van der Waals surface area contributed by atoms with Gasteiger partial charge in [-0.3, -0.25) is 0 Å². The Balaban J connectivity index is 0.000000269. The predicted molar refractivity (Wildman–Crippen MR) is 227 cm³/mol. The molecule has 1 nitrogen and oxygen atoms in total. The fourth-order valence-corrected chi connectivity index (χ4v) is 14.8. The molecule has 1 heteroatoms. The highest BCUT2D eigenvalue weighted by Gasteiger charge is 2.50. The topological polar surface area (TPSA) is 26.0 Å². The summed E-state index contributed by atoms with van der Waals surface area (Å²) in [4.78, 5) is 0. The van der Waals surface area contributed by atoms with E-state index in [4.69, 9.17) is 5.73 Å². The van der Waals surface area contributed by atoms with Gasteiger partial charge in [-0.2, -0.15) is 0 Å². The normalized spacial score (nSPS) is 42.1. The van der Waals surface area contributed by atoms with Gasteiger partial charge in [-0.05, 0) is 184 Å². The minimum absolute atomic E-state index is 0.344. The van der Waals surface area contributed by atoms with Crippen molar-refractivity contribution in [2.75, 3.05) is 0 Å². The first-order valence-corrected chi connectivity index (χ1v) is 24.0. The van der Waals surface area contributed by atoms with Gasteiger partial charge in [-0.15, -0.1) is 0 Å². The average Bonchev–Trinajstić information content (AvgIpc) is 3.76. The van der Waals surface area contributed by atoms with Crippen molar-refractivity contribution in [3.05, 3.63) is 0 Å². The Kier molecular flexibility index (Phi) is 17.3. The van der Waals surface area contributed by atoms with Crippen molar-refractivity contribution in [2.45, 2.75) is 205 Å². The molecule has 0 radical (unpaired) electrons. The van der Waals surface area contributed by atoms with Gasteiger partial charge in [-0.25, -0.2) is 0 Å². The average molecular weight is 710 g/mol. The third-order valence-electron chi connectivity index (χ3n) is 18.1. The summed E-state index contributed by atoms with van der Waals surface area (Å²) in [6, 6.07) is 0.344. The van der Waals surface area contributed by atoms with Crippen LogP contribution in [0.15, 0.2) is 0 Å². The van der Waals surface area contributed by atoms with Crippen LogP contribution < -0.4 is 5.73 Å². The number of nitrogens with two attached hydrogens (primary N) is 1. The Bertz CT molecular complexity index is 956. The predicted octanol–water partition coefficient (Wildman–Crippen LogP) is 15.0. The van der Waals surface area contributed by atoms with E-state index in [9.17, 15) is 0 Å². The van der Waals surface area contributed by atoms with Gasteiger partial charge < -0.3 is 5.73 Å². The van der Waals surface area contributed by atoms with Gasteiger partial charge in [0, 0.05) is 6.04 Å². The summed E-state index contributed by atoms with van der Waals surface area (Å²) in [5.74, 6) is 18.1. The first-order valence-electron chi connectivity index (χ1n) is 24.0. The van der Waals surface area contributed by atoms with Gasteiger partial charge in [0.25, 0.3) is 0 Å². The van der Waals surface area contributed by atoms with Crippen molar-refractivity contribution in [3.8, 4) is 0 Å². The fourth-order valence-electron chi connectivity index (χ4n) is 14.8. The molecule has 0 heterocycles. The second-order valence-electron chi connectivity index (χ2n) is 21.5. The molecule has 5 aliphatic rings. The Hall–Kier alpha value is -0.0400. The molecule has 0 bridgehead atoms. The highest BCUT2D eigenvalue weighted by molar-refractivity contribution is 4.99. The van der Waals surface area contributed by atoms with E-state index in [2.05, 4.69) is 90.0 Å². The molecule has 16 unspecified atom stereocenters. The molecule has 0 aromatic carbocycles. The van der Waals surface area contributed by atoms with E-state index < -0.39 is 0 Å². The minimum Gasteiger partial charge on any atom is -0.328 e. The van der Waals surface area contributed by atoms with Gasteiger partial charge in [-0.1, -0.05) is 128 Å². The summed E-state index contributed by atoms with van der Waals surface area (Å²) in [6.07, 6.45) is 25.0. The SMILES string of the molecule is CCC1CCC2CC(C3C(C)C(C)C3C)CC2C1.CCCC(CC(C)C1CC(C(C)C)CC(CC)C1C(C)N)C1CCC(C(CCC)C(C)C)C1. The molecule has 2 N–H and O–H groups in total. The molecule has 0 aromatic heterocycles. The lowest BCUT2D eigenvalue weighted by atomic mass is 9.54. The molecule has 16 atom stereocenters. The van der Waals surface area contributed by atoms with Gasteiger partial charge >= 0.3 is 0 Å². The lowest BCUT2D eigenvalue weighted by Gasteiger charge is -2.51. The van der Waals surface area contributed by atoms with Crippen LogP contribution in [0.25, 0.3) is 0 Å². The molecule has 0 spiro atoms. The van der Waals surface area contributed by atoms with Crippen LogP contribution in [-0.2, 0) is 0 Å². The number of hydrogen-bond donors (Lipinski definition) is 1. The van der Waals surface area contributed by atoms with Crippen molar-refractivity contribution in [3.63, 3.8) is 0 Å². The zero-order chi connectivity index (χ0) is 37.6. The number of hydrogen-bond acceptors (Lipinski definition) is 1. The van der Waals surface area contributed by atoms with Crippen molar-refractivity contribution >= 4 is 0 Å². The van der Waals surface area contributed by atoms with E-state index >= 15 is 0 Å². The maximum atomic E-state index is 6.70. The first-order chi connectivity index (χ1) is 24.3. The van der Waals surface area contributed by atoms with Crippen molar-refractivity contribution in [2.24, 2.45) is 118 Å². The molecule has 5 rings (SSSR count). The van der Waals surface area contributed by atoms with Crippen molar-refractivity contribution < 1.29 is 0 Å². The Morgan fingerprint density at radius 3 is 1.80 bits per heavy atom. The molecule has 51 heavy (non-hydrogen) atoms. The zero-order valence-electron chi connectivity index (χ0n) is 37.1. The zero-order valence-corrected chi connectivity index (χ0v) is 37.1. The molecule has 5 saturated carbocycles. The number of fused-ring (bicyclic) bond motifs is 1. The van der Waals surface area contributed by atoms with Crippen molar-refractivity contribution in [1.82, 2.24) is 0 Å². The van der Waals surface area contributed by atoms with E-state index in [1.807, 2.05) is 0 Å². The monoisotopic (exact) mass is 710 g/mol. The molecular formula is C50H95N. The van der Waals surface area contributed by atoms with Crippen LogP contribution in [0, 0.1) is 112 Å². The van der Waals surface area contributed by atoms with Crippen LogP contribution in [0.3, 0.4) is 0 Å². The summed E-state index contributed by atoms with van der Waals surface area (Å²) in [7, 11) is 0. The molecule has 0 saturated heterocycles. The smallest absolute Gasteiger partial charge is 0.00441 e. The highest BCUT2D eigenvalue weighted by Crippen LogP contribution is 2.58. The van der Waals surface area contributed by atoms with E-state index in [1.54, 1.807) is 25.7 Å². The van der Waals surface area contributed by atoms with E-state index in [-0.39, 0.29) is 0 Å². The lowest BCUT2D eigenvalue weighted by Crippen LogP contribution is -2.46. The molecule has 5 fully saturated rings. The van der Waals surface area contributed by atoms with Crippen molar-refractivity contribution in [1.29, 1.82) is 0 Å². The third kappa shape index (κ3) is 10.6. The van der Waals surface area contributed by atoms with Crippen LogP contribution >= 0.6 is 0 Å². The molecule has 0 amide bonds. The Morgan fingerprint density at radius 2 is 1.24 bits per heavy atom. The quantitative estimate of drug-likeness (QED) is 0.180. The lowest BCUT2D eigenvalue weighted by molar-refractivity contribution is -0.0277. The van der Waals surface area contributed by atoms with E-state index in [1.165, 1.54) is 83.5 Å².